The molecule has 0 bridgehead atoms. The van der Waals surface area contributed by atoms with E-state index in [-0.39, 0.29) is 5.41 Å². The molecule has 0 saturated heterocycles. The Labute approximate surface area is 304 Å². The number of hydrogen-bond acceptors (Lipinski definition) is 1. The van der Waals surface area contributed by atoms with Gasteiger partial charge in [0.1, 0.15) is 0 Å². The van der Waals surface area contributed by atoms with Crippen molar-refractivity contribution in [3.05, 3.63) is 193 Å². The molecule has 52 heavy (non-hydrogen) atoms. The third-order valence-corrected chi connectivity index (χ3v) is 11.1. The lowest BCUT2D eigenvalue weighted by molar-refractivity contribution is 0.660. The molecule has 0 saturated carbocycles. The summed E-state index contributed by atoms with van der Waals surface area (Å²) in [4.78, 5) is 4.52. The van der Waals surface area contributed by atoms with Gasteiger partial charge < -0.3 is 4.57 Å². The highest BCUT2D eigenvalue weighted by Gasteiger charge is 2.35. The van der Waals surface area contributed by atoms with Gasteiger partial charge in [-0.05, 0) is 104 Å². The fourth-order valence-electron chi connectivity index (χ4n) is 8.36. The van der Waals surface area contributed by atoms with Crippen molar-refractivity contribution < 1.29 is 0 Å². The molecule has 0 radical (unpaired) electrons. The molecule has 2 heterocycles. The molecule has 2 nitrogen and oxygen atoms in total. The molecule has 1 aliphatic rings. The van der Waals surface area contributed by atoms with Crippen molar-refractivity contribution in [1.29, 1.82) is 0 Å². The maximum Gasteiger partial charge on any atom is 0.0701 e. The summed E-state index contributed by atoms with van der Waals surface area (Å²) in [6, 6.07) is 64.2. The van der Waals surface area contributed by atoms with Crippen LogP contribution in [0.15, 0.2) is 182 Å². The first-order chi connectivity index (χ1) is 25.5. The van der Waals surface area contributed by atoms with Crippen LogP contribution in [0, 0.1) is 0 Å². The molecule has 0 amide bonds. The van der Waals surface area contributed by atoms with Gasteiger partial charge >= 0.3 is 0 Å². The van der Waals surface area contributed by atoms with Gasteiger partial charge in [0.25, 0.3) is 0 Å². The van der Waals surface area contributed by atoms with Gasteiger partial charge in [-0.3, -0.25) is 4.98 Å². The lowest BCUT2D eigenvalue weighted by Crippen LogP contribution is -2.15. The van der Waals surface area contributed by atoms with E-state index in [1.807, 2.05) is 18.3 Å². The maximum atomic E-state index is 4.52. The topological polar surface area (TPSA) is 17.8 Å². The highest BCUT2D eigenvalue weighted by atomic mass is 15.0. The summed E-state index contributed by atoms with van der Waals surface area (Å²) >= 11 is 0. The van der Waals surface area contributed by atoms with Crippen LogP contribution in [0.5, 0.6) is 0 Å². The monoisotopic (exact) mass is 664 g/mol. The lowest BCUT2D eigenvalue weighted by atomic mass is 9.81. The molecule has 2 heteroatoms. The fourth-order valence-corrected chi connectivity index (χ4v) is 8.36. The van der Waals surface area contributed by atoms with Gasteiger partial charge in [-0.2, -0.15) is 0 Å². The predicted molar refractivity (Wildman–Crippen MR) is 218 cm³/mol. The van der Waals surface area contributed by atoms with Crippen LogP contribution in [-0.2, 0) is 5.41 Å². The van der Waals surface area contributed by atoms with Gasteiger partial charge in [0.2, 0.25) is 0 Å². The molecular weight excluding hydrogens is 629 g/mol. The Morgan fingerprint density at radius 1 is 0.404 bits per heavy atom. The number of aromatic nitrogens is 2. The number of nitrogens with zero attached hydrogens (tertiary/aromatic N) is 2. The van der Waals surface area contributed by atoms with E-state index in [1.165, 1.54) is 83.1 Å². The molecular formula is C50H36N2. The molecule has 10 rings (SSSR count). The molecule has 0 fully saturated rings. The third-order valence-electron chi connectivity index (χ3n) is 11.1. The zero-order valence-electron chi connectivity index (χ0n) is 29.2. The average Bonchev–Trinajstić information content (AvgIpc) is 3.66. The summed E-state index contributed by atoms with van der Waals surface area (Å²) in [6.07, 6.45) is 1.85. The Kier molecular flexibility index (Phi) is 6.87. The minimum Gasteiger partial charge on any atom is -0.309 e. The van der Waals surface area contributed by atoms with Crippen LogP contribution in [0.4, 0.5) is 0 Å². The lowest BCUT2D eigenvalue weighted by Gasteiger charge is -2.22. The summed E-state index contributed by atoms with van der Waals surface area (Å²) < 4.78 is 2.38. The maximum absolute atomic E-state index is 4.52. The van der Waals surface area contributed by atoms with E-state index in [0.29, 0.717) is 0 Å². The normalized spacial score (nSPS) is 13.0. The second-order valence-electron chi connectivity index (χ2n) is 14.4. The van der Waals surface area contributed by atoms with Gasteiger partial charge in [-0.25, -0.2) is 0 Å². The van der Waals surface area contributed by atoms with Crippen LogP contribution >= 0.6 is 0 Å². The second kappa shape index (κ2) is 11.8. The first kappa shape index (κ1) is 30.3. The van der Waals surface area contributed by atoms with Crippen molar-refractivity contribution in [2.24, 2.45) is 0 Å². The highest BCUT2D eigenvalue weighted by molar-refractivity contribution is 6.09. The van der Waals surface area contributed by atoms with Crippen molar-refractivity contribution in [3.63, 3.8) is 0 Å². The van der Waals surface area contributed by atoms with E-state index < -0.39 is 0 Å². The number of rotatable bonds is 5. The Morgan fingerprint density at radius 3 is 1.62 bits per heavy atom. The minimum atomic E-state index is -0.0850. The Hall–Kier alpha value is -6.51. The molecule has 9 aromatic rings. The van der Waals surface area contributed by atoms with E-state index >= 15 is 0 Å². The second-order valence-corrected chi connectivity index (χ2v) is 14.4. The summed E-state index contributed by atoms with van der Waals surface area (Å²) in [6.45, 7) is 4.71. The Bertz CT molecular complexity index is 2730. The Morgan fingerprint density at radius 2 is 0.962 bits per heavy atom. The van der Waals surface area contributed by atoms with Crippen LogP contribution in [0.1, 0.15) is 25.0 Å². The number of hydrogen-bond donors (Lipinski definition) is 0. The average molecular weight is 665 g/mol. The van der Waals surface area contributed by atoms with Gasteiger partial charge in [-0.15, -0.1) is 0 Å². The minimum absolute atomic E-state index is 0.0850. The highest BCUT2D eigenvalue weighted by Crippen LogP contribution is 2.50. The van der Waals surface area contributed by atoms with Crippen LogP contribution in [0.2, 0.25) is 0 Å². The fraction of sp³-hybridized carbons (Fsp3) is 0.0600. The zero-order chi connectivity index (χ0) is 34.8. The Balaban J connectivity index is 0.957. The van der Waals surface area contributed by atoms with Crippen molar-refractivity contribution >= 4 is 21.8 Å². The predicted octanol–water partition coefficient (Wildman–Crippen LogP) is 13.2. The molecule has 0 unspecified atom stereocenters. The molecule has 0 atom stereocenters. The van der Waals surface area contributed by atoms with Gasteiger partial charge in [-0.1, -0.05) is 141 Å². The van der Waals surface area contributed by atoms with E-state index in [0.717, 1.165) is 11.3 Å². The van der Waals surface area contributed by atoms with Gasteiger partial charge in [0, 0.05) is 33.6 Å². The van der Waals surface area contributed by atoms with E-state index in [4.69, 9.17) is 0 Å². The molecule has 0 spiro atoms. The molecule has 0 aliphatic heterocycles. The molecule has 246 valence electrons. The van der Waals surface area contributed by atoms with Crippen LogP contribution in [-0.4, -0.2) is 9.55 Å². The van der Waals surface area contributed by atoms with Crippen molar-refractivity contribution in [2.45, 2.75) is 19.3 Å². The molecule has 7 aromatic carbocycles. The summed E-state index contributed by atoms with van der Waals surface area (Å²) in [7, 11) is 0. The number of benzene rings is 7. The van der Waals surface area contributed by atoms with Crippen LogP contribution in [0.25, 0.3) is 83.3 Å². The zero-order valence-corrected chi connectivity index (χ0v) is 29.2. The van der Waals surface area contributed by atoms with Crippen LogP contribution < -0.4 is 0 Å². The van der Waals surface area contributed by atoms with Crippen molar-refractivity contribution in [2.75, 3.05) is 0 Å². The van der Waals surface area contributed by atoms with Crippen molar-refractivity contribution in [1.82, 2.24) is 9.55 Å². The largest absolute Gasteiger partial charge is 0.309 e. The first-order valence-electron chi connectivity index (χ1n) is 18.0. The van der Waals surface area contributed by atoms with E-state index in [9.17, 15) is 0 Å². The van der Waals surface area contributed by atoms with Crippen LogP contribution in [0.3, 0.4) is 0 Å². The quantitative estimate of drug-likeness (QED) is 0.179. The van der Waals surface area contributed by atoms with Gasteiger partial charge in [0.15, 0.2) is 0 Å². The first-order valence-corrected chi connectivity index (χ1v) is 18.0. The van der Waals surface area contributed by atoms with E-state index in [2.05, 4.69) is 187 Å². The summed E-state index contributed by atoms with van der Waals surface area (Å²) in [5, 5.41) is 2.56. The summed E-state index contributed by atoms with van der Waals surface area (Å²) in [5.74, 6) is 0. The van der Waals surface area contributed by atoms with Crippen molar-refractivity contribution in [3.8, 4) is 61.5 Å². The number of fused-ring (bicyclic) bond motifs is 6. The number of para-hydroxylation sites is 2. The van der Waals surface area contributed by atoms with E-state index in [1.54, 1.807) is 0 Å². The van der Waals surface area contributed by atoms with Gasteiger partial charge in [0.05, 0.1) is 16.7 Å². The third kappa shape index (κ3) is 4.83. The number of pyridine rings is 1. The molecule has 1 aliphatic carbocycles. The SMILES string of the molecule is CC1(C)c2ccc(-c3ccc(-c4cccc(-n5c6ccccc6c6ccccc65)c4)cc3)cc2-c2ccc(-c3ccc(-c4ccccn4)cc3)cc21. The molecule has 0 N–H and O–H groups in total. The smallest absolute Gasteiger partial charge is 0.0701 e. The standard InChI is InChI=1S/C50H36N2/c1-50(2)45-28-26-38(31-44(45)41-27-25-39(32-46(41)50)35-21-23-36(24-22-35)47-14-7-8-29-51-47)34-19-17-33(18-20-34)37-10-9-11-40(30-37)52-48-15-5-3-12-42(48)43-13-4-6-16-49(43)52/h3-32H,1-2H3. The molecule has 2 aromatic heterocycles. The summed E-state index contributed by atoms with van der Waals surface area (Å²) in [5.41, 5.74) is 18.4.